The molecule has 1 aromatic rings. The molecular formula is C18H28FNO. The monoisotopic (exact) mass is 293 g/mol. The number of hydrogen-bond donors (Lipinski definition) is 1. The van der Waals surface area contributed by atoms with E-state index in [9.17, 15) is 4.39 Å². The van der Waals surface area contributed by atoms with E-state index in [1.807, 2.05) is 6.92 Å². The molecule has 2 rings (SSSR count). The Balaban J connectivity index is 1.98. The smallest absolute Gasteiger partial charge is 0.123 e. The predicted octanol–water partition coefficient (Wildman–Crippen LogP) is 4.52. The number of aryl methyl sites for hydroxylation is 1. The first kappa shape index (κ1) is 16.4. The van der Waals surface area contributed by atoms with Crippen LogP contribution in [-0.4, -0.2) is 19.3 Å². The maximum absolute atomic E-state index is 13.7. The lowest BCUT2D eigenvalue weighted by Gasteiger charge is -2.26. The van der Waals surface area contributed by atoms with Crippen molar-refractivity contribution in [3.63, 3.8) is 0 Å². The van der Waals surface area contributed by atoms with Crippen molar-refractivity contribution in [1.82, 2.24) is 5.32 Å². The zero-order chi connectivity index (χ0) is 15.1. The fraction of sp³-hybridized carbons (Fsp3) is 0.667. The van der Waals surface area contributed by atoms with Gasteiger partial charge in [0.25, 0.3) is 0 Å². The highest BCUT2D eigenvalue weighted by Crippen LogP contribution is 2.25. The van der Waals surface area contributed by atoms with E-state index in [0.29, 0.717) is 6.10 Å². The summed E-state index contributed by atoms with van der Waals surface area (Å²) in [5, 5.41) is 3.56. The van der Waals surface area contributed by atoms with E-state index in [0.717, 1.165) is 43.5 Å². The summed E-state index contributed by atoms with van der Waals surface area (Å²) in [6.07, 6.45) is 7.17. The van der Waals surface area contributed by atoms with Crippen LogP contribution in [-0.2, 0) is 4.74 Å². The molecule has 1 N–H and O–H groups in total. The second-order valence-electron chi connectivity index (χ2n) is 6.13. The van der Waals surface area contributed by atoms with E-state index in [1.165, 1.54) is 19.3 Å². The summed E-state index contributed by atoms with van der Waals surface area (Å²) < 4.78 is 19.5. The lowest BCUT2D eigenvalue weighted by molar-refractivity contribution is 0.00854. The Morgan fingerprint density at radius 2 is 2.19 bits per heavy atom. The molecule has 0 bridgehead atoms. The van der Waals surface area contributed by atoms with Crippen molar-refractivity contribution in [2.75, 3.05) is 13.2 Å². The standard InChI is InChI=1S/C18H28FNO/c1-3-9-20-18(8-7-17-6-4-5-10-21-17)15-11-14(2)12-16(19)13-15/h11-13,17-18,20H,3-10H2,1-2H3. The second kappa shape index (κ2) is 8.50. The molecule has 0 radical (unpaired) electrons. The van der Waals surface area contributed by atoms with Gasteiger partial charge in [-0.2, -0.15) is 0 Å². The van der Waals surface area contributed by atoms with Crippen LogP contribution in [0.3, 0.4) is 0 Å². The molecule has 0 saturated carbocycles. The zero-order valence-electron chi connectivity index (χ0n) is 13.3. The quantitative estimate of drug-likeness (QED) is 0.798. The summed E-state index contributed by atoms with van der Waals surface area (Å²) >= 11 is 0. The Morgan fingerprint density at radius 3 is 2.86 bits per heavy atom. The molecule has 2 unspecified atom stereocenters. The van der Waals surface area contributed by atoms with Gasteiger partial charge in [-0.15, -0.1) is 0 Å². The van der Waals surface area contributed by atoms with Crippen LogP contribution >= 0.6 is 0 Å². The van der Waals surface area contributed by atoms with Gasteiger partial charge >= 0.3 is 0 Å². The van der Waals surface area contributed by atoms with Crippen molar-refractivity contribution < 1.29 is 9.13 Å². The minimum atomic E-state index is -0.137. The van der Waals surface area contributed by atoms with Crippen LogP contribution in [0, 0.1) is 12.7 Å². The summed E-state index contributed by atoms with van der Waals surface area (Å²) in [4.78, 5) is 0. The highest BCUT2D eigenvalue weighted by molar-refractivity contribution is 5.26. The molecule has 1 aliphatic heterocycles. The highest BCUT2D eigenvalue weighted by Gasteiger charge is 2.18. The third-order valence-corrected chi connectivity index (χ3v) is 4.16. The number of halogens is 1. The lowest BCUT2D eigenvalue weighted by Crippen LogP contribution is -2.25. The molecule has 1 aliphatic rings. The molecule has 0 amide bonds. The zero-order valence-corrected chi connectivity index (χ0v) is 13.3. The number of rotatable bonds is 7. The normalized spacial score (nSPS) is 20.4. The molecule has 118 valence electrons. The maximum atomic E-state index is 13.7. The van der Waals surface area contributed by atoms with Crippen molar-refractivity contribution >= 4 is 0 Å². The van der Waals surface area contributed by atoms with Crippen LogP contribution in [0.25, 0.3) is 0 Å². The Hall–Kier alpha value is -0.930. The first-order valence-corrected chi connectivity index (χ1v) is 8.31. The van der Waals surface area contributed by atoms with Gasteiger partial charge < -0.3 is 10.1 Å². The summed E-state index contributed by atoms with van der Waals surface area (Å²) in [5.74, 6) is -0.137. The first-order valence-electron chi connectivity index (χ1n) is 8.31. The van der Waals surface area contributed by atoms with E-state index in [-0.39, 0.29) is 11.9 Å². The van der Waals surface area contributed by atoms with Gasteiger partial charge in [-0.25, -0.2) is 4.39 Å². The fourth-order valence-corrected chi connectivity index (χ4v) is 3.06. The minimum absolute atomic E-state index is 0.137. The van der Waals surface area contributed by atoms with Gasteiger partial charge in [-0.05, 0) is 75.3 Å². The van der Waals surface area contributed by atoms with E-state index < -0.39 is 0 Å². The molecule has 0 spiro atoms. The number of nitrogens with one attached hydrogen (secondary N) is 1. The molecule has 1 fully saturated rings. The van der Waals surface area contributed by atoms with Gasteiger partial charge in [0.1, 0.15) is 5.82 Å². The Labute approximate surface area is 128 Å². The van der Waals surface area contributed by atoms with Crippen molar-refractivity contribution in [2.45, 2.75) is 64.5 Å². The number of hydrogen-bond acceptors (Lipinski definition) is 2. The van der Waals surface area contributed by atoms with Gasteiger partial charge in [0.2, 0.25) is 0 Å². The molecule has 1 aromatic carbocycles. The molecular weight excluding hydrogens is 265 g/mol. The van der Waals surface area contributed by atoms with Crippen LogP contribution in [0.1, 0.15) is 62.6 Å². The van der Waals surface area contributed by atoms with E-state index >= 15 is 0 Å². The SMILES string of the molecule is CCCNC(CCC1CCCCO1)c1cc(C)cc(F)c1. The summed E-state index contributed by atoms with van der Waals surface area (Å²) in [6, 6.07) is 5.58. The van der Waals surface area contributed by atoms with Gasteiger partial charge in [0.05, 0.1) is 6.10 Å². The number of benzene rings is 1. The third-order valence-electron chi connectivity index (χ3n) is 4.16. The van der Waals surface area contributed by atoms with Crippen LogP contribution < -0.4 is 5.32 Å². The molecule has 1 heterocycles. The molecule has 2 atom stereocenters. The first-order chi connectivity index (χ1) is 10.2. The highest BCUT2D eigenvalue weighted by atomic mass is 19.1. The lowest BCUT2D eigenvalue weighted by atomic mass is 9.96. The van der Waals surface area contributed by atoms with Crippen LogP contribution in [0.15, 0.2) is 18.2 Å². The minimum Gasteiger partial charge on any atom is -0.378 e. The maximum Gasteiger partial charge on any atom is 0.123 e. The third kappa shape index (κ3) is 5.40. The predicted molar refractivity (Wildman–Crippen MR) is 85.0 cm³/mol. The van der Waals surface area contributed by atoms with Crippen molar-refractivity contribution in [3.8, 4) is 0 Å². The van der Waals surface area contributed by atoms with E-state index in [4.69, 9.17) is 4.74 Å². The molecule has 1 saturated heterocycles. The number of ether oxygens (including phenoxy) is 1. The van der Waals surface area contributed by atoms with Crippen LogP contribution in [0.2, 0.25) is 0 Å². The van der Waals surface area contributed by atoms with Crippen LogP contribution in [0.4, 0.5) is 4.39 Å². The van der Waals surface area contributed by atoms with Gasteiger partial charge in [-0.1, -0.05) is 13.0 Å². The fourth-order valence-electron chi connectivity index (χ4n) is 3.06. The average molecular weight is 293 g/mol. The summed E-state index contributed by atoms with van der Waals surface area (Å²) in [6.45, 7) is 5.97. The Bertz CT molecular complexity index is 409. The molecule has 0 aliphatic carbocycles. The largest absolute Gasteiger partial charge is 0.378 e. The Kier molecular flexibility index (Phi) is 6.65. The van der Waals surface area contributed by atoms with Crippen molar-refractivity contribution in [2.24, 2.45) is 0 Å². The van der Waals surface area contributed by atoms with E-state index in [2.05, 4.69) is 18.3 Å². The molecule has 21 heavy (non-hydrogen) atoms. The summed E-state index contributed by atoms with van der Waals surface area (Å²) in [5.41, 5.74) is 2.05. The van der Waals surface area contributed by atoms with Crippen molar-refractivity contribution in [3.05, 3.63) is 35.1 Å². The van der Waals surface area contributed by atoms with E-state index in [1.54, 1.807) is 12.1 Å². The second-order valence-corrected chi connectivity index (χ2v) is 6.13. The molecule has 3 heteroatoms. The van der Waals surface area contributed by atoms with Gasteiger partial charge in [0.15, 0.2) is 0 Å². The van der Waals surface area contributed by atoms with Crippen molar-refractivity contribution in [1.29, 1.82) is 0 Å². The molecule has 0 aromatic heterocycles. The van der Waals surface area contributed by atoms with Gasteiger partial charge in [-0.3, -0.25) is 0 Å². The topological polar surface area (TPSA) is 21.3 Å². The summed E-state index contributed by atoms with van der Waals surface area (Å²) in [7, 11) is 0. The average Bonchev–Trinajstić information content (AvgIpc) is 2.47. The molecule has 2 nitrogen and oxygen atoms in total. The Morgan fingerprint density at radius 1 is 1.33 bits per heavy atom. The van der Waals surface area contributed by atoms with Crippen LogP contribution in [0.5, 0.6) is 0 Å². The van der Waals surface area contributed by atoms with Gasteiger partial charge in [0, 0.05) is 12.6 Å².